The van der Waals surface area contributed by atoms with Crippen LogP contribution in [0.2, 0.25) is 0 Å². The molecule has 0 aromatic carbocycles. The fourth-order valence-corrected chi connectivity index (χ4v) is 3.15. The summed E-state index contributed by atoms with van der Waals surface area (Å²) in [6.07, 6.45) is 3.80. The van der Waals surface area contributed by atoms with Crippen molar-refractivity contribution in [3.63, 3.8) is 0 Å². The molecular formula is C17H26N6O2S. The number of aromatic nitrogens is 4. The van der Waals surface area contributed by atoms with Gasteiger partial charge in [0.2, 0.25) is 5.91 Å². The summed E-state index contributed by atoms with van der Waals surface area (Å²) in [6, 6.07) is 0. The molecule has 1 saturated carbocycles. The van der Waals surface area contributed by atoms with Gasteiger partial charge >= 0.3 is 0 Å². The number of hydrogen-bond donors (Lipinski definition) is 2. The molecule has 142 valence electrons. The summed E-state index contributed by atoms with van der Waals surface area (Å²) in [4.78, 5) is 21.0. The number of fused-ring (bicyclic) bond motifs is 1. The zero-order valence-corrected chi connectivity index (χ0v) is 16.1. The van der Waals surface area contributed by atoms with E-state index in [0.29, 0.717) is 32.8 Å². The number of ether oxygens (including phenoxy) is 1. The topological polar surface area (TPSA) is 94.0 Å². The Balaban J connectivity index is 1.71. The maximum atomic E-state index is 11.8. The third-order valence-electron chi connectivity index (χ3n) is 4.06. The highest BCUT2D eigenvalue weighted by molar-refractivity contribution is 7.99. The standard InChI is InChI=1S/C17H26N6O2S/c1-3-25-10-8-18-14-13-11-20-23(9-7-19-16(24)12-5-6-12)15(13)22-17(21-14)26-4-2/h11-12H,3-10H2,1-2H3,(H,19,24)(H,18,21,22). The van der Waals surface area contributed by atoms with Gasteiger partial charge in [-0.05, 0) is 25.5 Å². The normalized spacial score (nSPS) is 13.9. The van der Waals surface area contributed by atoms with Gasteiger partial charge in [-0.15, -0.1) is 0 Å². The lowest BCUT2D eigenvalue weighted by Gasteiger charge is -2.09. The lowest BCUT2D eigenvalue weighted by molar-refractivity contribution is -0.122. The van der Waals surface area contributed by atoms with Crippen LogP contribution >= 0.6 is 11.8 Å². The van der Waals surface area contributed by atoms with E-state index in [2.05, 4.69) is 32.6 Å². The lowest BCUT2D eigenvalue weighted by atomic mass is 10.4. The van der Waals surface area contributed by atoms with Crippen LogP contribution in [-0.2, 0) is 16.1 Å². The highest BCUT2D eigenvalue weighted by Crippen LogP contribution is 2.28. The first-order valence-corrected chi connectivity index (χ1v) is 10.2. The monoisotopic (exact) mass is 378 g/mol. The zero-order chi connectivity index (χ0) is 18.4. The molecule has 3 rings (SSSR count). The van der Waals surface area contributed by atoms with Gasteiger partial charge in [0.05, 0.1) is 24.7 Å². The van der Waals surface area contributed by atoms with Crippen molar-refractivity contribution in [3.05, 3.63) is 6.20 Å². The molecule has 8 nitrogen and oxygen atoms in total. The van der Waals surface area contributed by atoms with Crippen molar-refractivity contribution < 1.29 is 9.53 Å². The van der Waals surface area contributed by atoms with Crippen LogP contribution in [0, 0.1) is 5.92 Å². The number of nitrogens with one attached hydrogen (secondary N) is 2. The molecule has 2 heterocycles. The third-order valence-corrected chi connectivity index (χ3v) is 4.79. The van der Waals surface area contributed by atoms with E-state index in [1.54, 1.807) is 18.0 Å². The molecule has 2 aromatic rings. The summed E-state index contributed by atoms with van der Waals surface area (Å²) in [5.74, 6) is 2.05. The van der Waals surface area contributed by atoms with Gasteiger partial charge in [0.1, 0.15) is 5.82 Å². The van der Waals surface area contributed by atoms with Gasteiger partial charge in [-0.3, -0.25) is 4.79 Å². The SMILES string of the molecule is CCOCCNc1nc(SCC)nc2c1cnn2CCNC(=O)C1CC1. The van der Waals surface area contributed by atoms with Gasteiger partial charge in [-0.2, -0.15) is 5.10 Å². The van der Waals surface area contributed by atoms with Crippen LogP contribution < -0.4 is 10.6 Å². The number of anilines is 1. The molecule has 0 radical (unpaired) electrons. The van der Waals surface area contributed by atoms with E-state index in [0.717, 1.165) is 40.6 Å². The molecule has 1 aliphatic carbocycles. The second-order valence-corrected chi connectivity index (χ2v) is 7.31. The average Bonchev–Trinajstić information content (AvgIpc) is 3.41. The molecule has 1 amide bonds. The average molecular weight is 379 g/mol. The highest BCUT2D eigenvalue weighted by atomic mass is 32.2. The minimum Gasteiger partial charge on any atom is -0.380 e. The molecule has 1 aliphatic rings. The van der Waals surface area contributed by atoms with Crippen molar-refractivity contribution in [2.75, 3.05) is 37.4 Å². The summed E-state index contributed by atoms with van der Waals surface area (Å²) in [5, 5.41) is 12.3. The molecule has 2 N–H and O–H groups in total. The van der Waals surface area contributed by atoms with Crippen molar-refractivity contribution in [1.29, 1.82) is 0 Å². The smallest absolute Gasteiger partial charge is 0.223 e. The quantitative estimate of drug-likeness (QED) is 0.350. The number of hydrogen-bond acceptors (Lipinski definition) is 7. The molecule has 9 heteroatoms. The maximum absolute atomic E-state index is 11.8. The predicted octanol–water partition coefficient (Wildman–Crippen LogP) is 1.91. The Kier molecular flexibility index (Phi) is 6.67. The summed E-state index contributed by atoms with van der Waals surface area (Å²) in [6.45, 7) is 7.20. The number of carbonyl (C=O) groups excluding carboxylic acids is 1. The van der Waals surface area contributed by atoms with Crippen molar-refractivity contribution in [1.82, 2.24) is 25.1 Å². The van der Waals surface area contributed by atoms with E-state index in [4.69, 9.17) is 4.74 Å². The van der Waals surface area contributed by atoms with Crippen LogP contribution in [0.25, 0.3) is 11.0 Å². The molecule has 26 heavy (non-hydrogen) atoms. The Morgan fingerprint density at radius 2 is 2.19 bits per heavy atom. The van der Waals surface area contributed by atoms with E-state index in [-0.39, 0.29) is 11.8 Å². The molecule has 0 unspecified atom stereocenters. The highest BCUT2D eigenvalue weighted by Gasteiger charge is 2.29. The summed E-state index contributed by atoms with van der Waals surface area (Å²) in [7, 11) is 0. The summed E-state index contributed by atoms with van der Waals surface area (Å²) in [5.41, 5.74) is 0.788. The van der Waals surface area contributed by atoms with Gasteiger partial charge in [-0.1, -0.05) is 18.7 Å². The Morgan fingerprint density at radius 3 is 2.92 bits per heavy atom. The lowest BCUT2D eigenvalue weighted by Crippen LogP contribution is -2.28. The third kappa shape index (κ3) is 4.85. The van der Waals surface area contributed by atoms with E-state index >= 15 is 0 Å². The second-order valence-electron chi connectivity index (χ2n) is 6.08. The van der Waals surface area contributed by atoms with E-state index in [1.165, 1.54) is 0 Å². The molecule has 2 aromatic heterocycles. The molecule has 0 aliphatic heterocycles. The van der Waals surface area contributed by atoms with Gasteiger partial charge in [0.25, 0.3) is 0 Å². The Labute approximate surface area is 157 Å². The van der Waals surface area contributed by atoms with Crippen LogP contribution in [0.1, 0.15) is 26.7 Å². The number of amides is 1. The number of nitrogens with zero attached hydrogens (tertiary/aromatic N) is 4. The molecule has 0 bridgehead atoms. The molecular weight excluding hydrogens is 352 g/mol. The Bertz CT molecular complexity index is 746. The Hall–Kier alpha value is -1.87. The first-order chi connectivity index (χ1) is 12.7. The van der Waals surface area contributed by atoms with Crippen LogP contribution in [-0.4, -0.2) is 57.7 Å². The van der Waals surface area contributed by atoms with Crippen LogP contribution in [0.4, 0.5) is 5.82 Å². The number of carbonyl (C=O) groups is 1. The maximum Gasteiger partial charge on any atom is 0.223 e. The fourth-order valence-electron chi connectivity index (χ4n) is 2.59. The molecule has 0 saturated heterocycles. The van der Waals surface area contributed by atoms with Crippen molar-refractivity contribution in [2.24, 2.45) is 5.92 Å². The minimum absolute atomic E-state index is 0.150. The molecule has 0 atom stereocenters. The van der Waals surface area contributed by atoms with E-state index < -0.39 is 0 Å². The summed E-state index contributed by atoms with van der Waals surface area (Å²) >= 11 is 1.60. The van der Waals surface area contributed by atoms with Crippen LogP contribution in [0.5, 0.6) is 0 Å². The fraction of sp³-hybridized carbons (Fsp3) is 0.647. The Morgan fingerprint density at radius 1 is 1.35 bits per heavy atom. The zero-order valence-electron chi connectivity index (χ0n) is 15.3. The van der Waals surface area contributed by atoms with Gasteiger partial charge in [-0.25, -0.2) is 14.6 Å². The number of rotatable bonds is 11. The molecule has 1 fully saturated rings. The number of thioether (sulfide) groups is 1. The first kappa shape index (κ1) is 18.9. The second kappa shape index (κ2) is 9.18. The van der Waals surface area contributed by atoms with E-state index in [9.17, 15) is 4.79 Å². The van der Waals surface area contributed by atoms with E-state index in [1.807, 2.05) is 11.6 Å². The summed E-state index contributed by atoms with van der Waals surface area (Å²) < 4.78 is 7.21. The van der Waals surface area contributed by atoms with Crippen molar-refractivity contribution in [2.45, 2.75) is 38.4 Å². The first-order valence-electron chi connectivity index (χ1n) is 9.18. The van der Waals surface area contributed by atoms with Crippen LogP contribution in [0.15, 0.2) is 11.4 Å². The predicted molar refractivity (Wildman–Crippen MR) is 102 cm³/mol. The minimum atomic E-state index is 0.150. The largest absolute Gasteiger partial charge is 0.380 e. The van der Waals surface area contributed by atoms with Gasteiger partial charge in [0.15, 0.2) is 10.8 Å². The van der Waals surface area contributed by atoms with Crippen LogP contribution in [0.3, 0.4) is 0 Å². The van der Waals surface area contributed by atoms with Gasteiger partial charge < -0.3 is 15.4 Å². The van der Waals surface area contributed by atoms with Crippen molar-refractivity contribution >= 4 is 34.5 Å². The molecule has 0 spiro atoms. The van der Waals surface area contributed by atoms with Gasteiger partial charge in [0, 0.05) is 25.6 Å². The van der Waals surface area contributed by atoms with Crippen molar-refractivity contribution in [3.8, 4) is 0 Å².